The van der Waals surface area contributed by atoms with Gasteiger partial charge in [-0.05, 0) is 49.4 Å². The van der Waals surface area contributed by atoms with Gasteiger partial charge in [0.15, 0.2) is 5.82 Å². The molecule has 2 saturated heterocycles. The Hall–Kier alpha value is -3.36. The molecule has 9 heteroatoms. The van der Waals surface area contributed by atoms with Crippen molar-refractivity contribution in [3.8, 4) is 0 Å². The number of benzene rings is 1. The average molecular weight is 475 g/mol. The first-order valence-electron chi connectivity index (χ1n) is 11.4. The van der Waals surface area contributed by atoms with Gasteiger partial charge in [-0.2, -0.15) is 0 Å². The molecule has 2 aliphatic heterocycles. The van der Waals surface area contributed by atoms with E-state index in [-0.39, 0.29) is 24.0 Å². The maximum Gasteiger partial charge on any atom is 0.273 e. The molecule has 3 unspecified atom stereocenters. The molecule has 0 aliphatic carbocycles. The number of nitrogens with zero attached hydrogens (tertiary/aromatic N) is 5. The van der Waals surface area contributed by atoms with E-state index >= 15 is 0 Å². The van der Waals surface area contributed by atoms with Crippen LogP contribution in [0.3, 0.4) is 0 Å². The number of ether oxygens (including phenoxy) is 1. The minimum atomic E-state index is -0.239. The van der Waals surface area contributed by atoms with E-state index in [1.165, 1.54) is 6.33 Å². The number of amides is 1. The Kier molecular flexibility index (Phi) is 5.27. The number of nitrogens with one attached hydrogen (secondary N) is 1. The number of pyridine rings is 2. The van der Waals surface area contributed by atoms with E-state index in [0.29, 0.717) is 40.7 Å². The van der Waals surface area contributed by atoms with Crippen LogP contribution in [0.4, 0.5) is 5.82 Å². The highest BCUT2D eigenvalue weighted by Crippen LogP contribution is 2.34. The summed E-state index contributed by atoms with van der Waals surface area (Å²) in [5, 5.41) is 5.48. The van der Waals surface area contributed by atoms with E-state index in [9.17, 15) is 4.79 Å². The van der Waals surface area contributed by atoms with Crippen LogP contribution in [0.5, 0.6) is 0 Å². The lowest BCUT2D eigenvalue weighted by molar-refractivity contribution is -0.00736. The number of hydrogen-bond acceptors (Lipinski definition) is 7. The van der Waals surface area contributed by atoms with Crippen LogP contribution in [0, 0.1) is 0 Å². The van der Waals surface area contributed by atoms with Crippen molar-refractivity contribution in [1.82, 2.24) is 24.8 Å². The van der Waals surface area contributed by atoms with Gasteiger partial charge in [0.25, 0.3) is 5.91 Å². The normalized spacial score (nSPS) is 20.6. The zero-order valence-electron chi connectivity index (χ0n) is 18.6. The van der Waals surface area contributed by atoms with Crippen molar-refractivity contribution in [1.29, 1.82) is 0 Å². The largest absolute Gasteiger partial charge is 0.377 e. The second kappa shape index (κ2) is 8.45. The molecule has 0 spiro atoms. The van der Waals surface area contributed by atoms with Crippen molar-refractivity contribution in [2.75, 3.05) is 18.5 Å². The van der Waals surface area contributed by atoms with Gasteiger partial charge >= 0.3 is 0 Å². The molecular formula is C25H23ClN6O2. The van der Waals surface area contributed by atoms with Crippen molar-refractivity contribution in [2.45, 2.75) is 37.9 Å². The van der Waals surface area contributed by atoms with E-state index in [1.807, 2.05) is 42.2 Å². The number of halogens is 1. The van der Waals surface area contributed by atoms with Crippen LogP contribution >= 0.6 is 11.6 Å². The molecule has 0 radical (unpaired) electrons. The van der Waals surface area contributed by atoms with Gasteiger partial charge in [-0.25, -0.2) is 15.0 Å². The molecule has 2 fully saturated rings. The number of morpholine rings is 1. The summed E-state index contributed by atoms with van der Waals surface area (Å²) in [6, 6.07) is 11.3. The van der Waals surface area contributed by atoms with Gasteiger partial charge in [0.1, 0.15) is 17.5 Å². The van der Waals surface area contributed by atoms with Gasteiger partial charge in [0, 0.05) is 11.6 Å². The third-order valence-electron chi connectivity index (χ3n) is 6.70. The standard InChI is InChI=1S/C25H23ClN6O2/c1-14(30-24-22-19(28-13-29-24)6-3-9-27-22)20-10-15-4-2-5-18(26)21(15)23(31-20)25(33)32-16-7-8-17(32)12-34-11-16/h2-6,9-10,13-14,16-17H,7-8,11-12H2,1H3,(H,28,29,30). The van der Waals surface area contributed by atoms with Gasteiger partial charge in [-0.1, -0.05) is 23.7 Å². The third kappa shape index (κ3) is 3.54. The predicted octanol–water partition coefficient (Wildman–Crippen LogP) is 4.40. The van der Waals surface area contributed by atoms with E-state index in [2.05, 4.69) is 20.3 Å². The molecule has 2 bridgehead atoms. The average Bonchev–Trinajstić information content (AvgIpc) is 3.11. The number of fused-ring (bicyclic) bond motifs is 4. The minimum absolute atomic E-state index is 0.0860. The van der Waals surface area contributed by atoms with Crippen LogP contribution in [0.1, 0.15) is 42.0 Å². The summed E-state index contributed by atoms with van der Waals surface area (Å²) in [5.74, 6) is 0.530. The molecule has 1 amide bonds. The van der Waals surface area contributed by atoms with Crippen molar-refractivity contribution in [3.05, 3.63) is 65.3 Å². The molecule has 1 aromatic carbocycles. The molecule has 2 aliphatic rings. The number of aromatic nitrogens is 4. The molecule has 3 atom stereocenters. The summed E-state index contributed by atoms with van der Waals surface area (Å²) in [6.07, 6.45) is 5.13. The number of hydrogen-bond donors (Lipinski definition) is 1. The van der Waals surface area contributed by atoms with E-state index < -0.39 is 0 Å². The van der Waals surface area contributed by atoms with Gasteiger partial charge in [0.2, 0.25) is 0 Å². The van der Waals surface area contributed by atoms with Crippen LogP contribution in [-0.2, 0) is 4.74 Å². The first-order chi connectivity index (χ1) is 16.6. The monoisotopic (exact) mass is 474 g/mol. The Balaban J connectivity index is 1.42. The van der Waals surface area contributed by atoms with Crippen molar-refractivity contribution < 1.29 is 9.53 Å². The summed E-state index contributed by atoms with van der Waals surface area (Å²) >= 11 is 6.58. The summed E-state index contributed by atoms with van der Waals surface area (Å²) in [6.45, 7) is 3.13. The van der Waals surface area contributed by atoms with Gasteiger partial charge in [-0.3, -0.25) is 9.78 Å². The lowest BCUT2D eigenvalue weighted by Gasteiger charge is -2.34. The smallest absolute Gasteiger partial charge is 0.273 e. The Morgan fingerprint density at radius 1 is 1.15 bits per heavy atom. The molecule has 0 saturated carbocycles. The fourth-order valence-corrected chi connectivity index (χ4v) is 5.30. The lowest BCUT2D eigenvalue weighted by Crippen LogP contribution is -2.49. The van der Waals surface area contributed by atoms with E-state index in [0.717, 1.165) is 29.4 Å². The molecule has 6 rings (SSSR count). The number of anilines is 1. The Morgan fingerprint density at radius 2 is 1.97 bits per heavy atom. The van der Waals surface area contributed by atoms with Crippen LogP contribution in [0.2, 0.25) is 5.02 Å². The molecule has 4 aromatic rings. The number of carbonyl (C=O) groups excluding carboxylic acids is 1. The topological polar surface area (TPSA) is 93.1 Å². The first-order valence-corrected chi connectivity index (χ1v) is 11.8. The Morgan fingerprint density at radius 3 is 2.79 bits per heavy atom. The summed E-state index contributed by atoms with van der Waals surface area (Å²) in [4.78, 5) is 33.7. The second-order valence-corrected chi connectivity index (χ2v) is 9.24. The van der Waals surface area contributed by atoms with Crippen molar-refractivity contribution >= 4 is 45.1 Å². The van der Waals surface area contributed by atoms with Crippen molar-refractivity contribution in [2.24, 2.45) is 0 Å². The highest BCUT2D eigenvalue weighted by molar-refractivity contribution is 6.36. The molecule has 8 nitrogen and oxygen atoms in total. The molecule has 1 N–H and O–H groups in total. The zero-order valence-corrected chi connectivity index (χ0v) is 19.4. The maximum absolute atomic E-state index is 13.8. The number of rotatable bonds is 4. The summed E-state index contributed by atoms with van der Waals surface area (Å²) in [5.41, 5.74) is 2.55. The quantitative estimate of drug-likeness (QED) is 0.468. The molecule has 3 aromatic heterocycles. The lowest BCUT2D eigenvalue weighted by atomic mass is 10.0. The maximum atomic E-state index is 13.8. The van der Waals surface area contributed by atoms with E-state index in [4.69, 9.17) is 21.3 Å². The molecule has 172 valence electrons. The van der Waals surface area contributed by atoms with Gasteiger partial charge in [0.05, 0.1) is 47.6 Å². The molecule has 34 heavy (non-hydrogen) atoms. The summed E-state index contributed by atoms with van der Waals surface area (Å²) < 4.78 is 5.68. The fraction of sp³-hybridized carbons (Fsp3) is 0.320. The van der Waals surface area contributed by atoms with Crippen LogP contribution in [0.25, 0.3) is 21.8 Å². The SMILES string of the molecule is CC(Nc1ncnc2cccnc12)c1cc2cccc(Cl)c2c(C(=O)N2C3CCC2COC3)n1. The predicted molar refractivity (Wildman–Crippen MR) is 130 cm³/mol. The Labute approximate surface area is 201 Å². The third-order valence-corrected chi connectivity index (χ3v) is 7.01. The fourth-order valence-electron chi connectivity index (χ4n) is 5.02. The zero-order chi connectivity index (χ0) is 23.2. The van der Waals surface area contributed by atoms with Gasteiger partial charge in [-0.15, -0.1) is 0 Å². The highest BCUT2D eigenvalue weighted by atomic mass is 35.5. The number of carbonyl (C=O) groups is 1. The van der Waals surface area contributed by atoms with Crippen LogP contribution in [0.15, 0.2) is 48.9 Å². The molecule has 5 heterocycles. The second-order valence-electron chi connectivity index (χ2n) is 8.83. The Bertz CT molecular complexity index is 1390. The van der Waals surface area contributed by atoms with Gasteiger partial charge < -0.3 is 15.0 Å². The molecular weight excluding hydrogens is 452 g/mol. The van der Waals surface area contributed by atoms with Crippen LogP contribution in [-0.4, -0.2) is 56.0 Å². The highest BCUT2D eigenvalue weighted by Gasteiger charge is 2.41. The summed E-state index contributed by atoms with van der Waals surface area (Å²) in [7, 11) is 0. The van der Waals surface area contributed by atoms with Crippen LogP contribution < -0.4 is 5.32 Å². The van der Waals surface area contributed by atoms with E-state index in [1.54, 1.807) is 12.3 Å². The van der Waals surface area contributed by atoms with Crippen molar-refractivity contribution in [3.63, 3.8) is 0 Å². The minimum Gasteiger partial charge on any atom is -0.377 e. The first kappa shape index (κ1) is 21.2.